The zero-order valence-corrected chi connectivity index (χ0v) is 17.9. The van der Waals surface area contributed by atoms with E-state index in [2.05, 4.69) is 33.5 Å². The normalized spacial score (nSPS) is 11.1. The van der Waals surface area contributed by atoms with Crippen LogP contribution in [0.2, 0.25) is 0 Å². The third kappa shape index (κ3) is 4.09. The van der Waals surface area contributed by atoms with Gasteiger partial charge in [-0.25, -0.2) is 4.98 Å². The predicted molar refractivity (Wildman–Crippen MR) is 118 cm³/mol. The van der Waals surface area contributed by atoms with Gasteiger partial charge in [0.1, 0.15) is 16.2 Å². The Morgan fingerprint density at radius 2 is 2.11 bits per heavy atom. The molecule has 0 atom stereocenters. The van der Waals surface area contributed by atoms with Crippen molar-refractivity contribution in [2.45, 2.75) is 25.3 Å². The lowest BCUT2D eigenvalue weighted by Gasteiger charge is -2.07. The summed E-state index contributed by atoms with van der Waals surface area (Å²) in [6.45, 7) is 4.07. The van der Waals surface area contributed by atoms with E-state index in [4.69, 9.17) is 0 Å². The highest BCUT2D eigenvalue weighted by Crippen LogP contribution is 2.36. The minimum absolute atomic E-state index is 0.0671. The number of carbonyl (C=O) groups is 1. The van der Waals surface area contributed by atoms with E-state index in [0.29, 0.717) is 5.03 Å². The molecule has 142 valence electrons. The maximum Gasteiger partial charge on any atom is 0.234 e. The molecular weight excluding hydrogens is 408 g/mol. The van der Waals surface area contributed by atoms with Crippen LogP contribution in [0.1, 0.15) is 17.5 Å². The van der Waals surface area contributed by atoms with Crippen molar-refractivity contribution in [1.29, 1.82) is 0 Å². The van der Waals surface area contributed by atoms with Gasteiger partial charge in [0, 0.05) is 5.69 Å². The molecule has 0 unspecified atom stereocenters. The maximum atomic E-state index is 12.4. The smallest absolute Gasteiger partial charge is 0.234 e. The Kier molecular flexibility index (Phi) is 5.70. The molecule has 8 heteroatoms. The fourth-order valence-electron chi connectivity index (χ4n) is 2.79. The fraction of sp³-hybridized carbons (Fsp3) is 0.200. The number of thiazole rings is 1. The standard InChI is InChI=1S/C20H18N4OS3/c1-3-13-6-4-7-14(10-13)22-16(25)11-27-20-18-19(28-12(2)21-18)17(23-24-20)15-8-5-9-26-15/h4-10H,3,11H2,1-2H3,(H,22,25). The highest BCUT2D eigenvalue weighted by molar-refractivity contribution is 8.00. The molecule has 0 saturated carbocycles. The zero-order chi connectivity index (χ0) is 19.5. The molecule has 1 amide bonds. The van der Waals surface area contributed by atoms with E-state index in [1.54, 1.807) is 22.7 Å². The number of benzene rings is 1. The number of aromatic nitrogens is 3. The van der Waals surface area contributed by atoms with Crippen molar-refractivity contribution in [1.82, 2.24) is 15.2 Å². The monoisotopic (exact) mass is 426 g/mol. The quantitative estimate of drug-likeness (QED) is 0.417. The van der Waals surface area contributed by atoms with Crippen molar-refractivity contribution in [3.05, 3.63) is 52.3 Å². The van der Waals surface area contributed by atoms with Gasteiger partial charge in [-0.15, -0.1) is 32.9 Å². The van der Waals surface area contributed by atoms with Crippen LogP contribution in [0.25, 0.3) is 20.8 Å². The van der Waals surface area contributed by atoms with Crippen molar-refractivity contribution in [2.75, 3.05) is 11.1 Å². The predicted octanol–water partition coefficient (Wildman–Crippen LogP) is 5.42. The molecule has 0 spiro atoms. The summed E-state index contributed by atoms with van der Waals surface area (Å²) in [4.78, 5) is 18.1. The van der Waals surface area contributed by atoms with Crippen molar-refractivity contribution < 1.29 is 4.79 Å². The number of hydrogen-bond acceptors (Lipinski definition) is 7. The van der Waals surface area contributed by atoms with E-state index in [-0.39, 0.29) is 11.7 Å². The second-order valence-electron chi connectivity index (χ2n) is 6.13. The molecule has 0 aliphatic heterocycles. The van der Waals surface area contributed by atoms with Crippen molar-refractivity contribution in [2.24, 2.45) is 0 Å². The zero-order valence-electron chi connectivity index (χ0n) is 15.4. The van der Waals surface area contributed by atoms with Crippen molar-refractivity contribution >= 4 is 56.2 Å². The lowest BCUT2D eigenvalue weighted by molar-refractivity contribution is -0.113. The number of hydrogen-bond donors (Lipinski definition) is 1. The third-order valence-electron chi connectivity index (χ3n) is 4.11. The van der Waals surface area contributed by atoms with Gasteiger partial charge in [0.15, 0.2) is 0 Å². The number of nitrogens with one attached hydrogen (secondary N) is 1. The number of thiophene rings is 1. The third-order valence-corrected chi connectivity index (χ3v) is 6.92. The van der Waals surface area contributed by atoms with Gasteiger partial charge in [-0.05, 0) is 42.5 Å². The topological polar surface area (TPSA) is 67.8 Å². The second-order valence-corrected chi connectivity index (χ2v) is 9.25. The molecule has 1 N–H and O–H groups in total. The Labute approximate surface area is 175 Å². The summed E-state index contributed by atoms with van der Waals surface area (Å²) in [6.07, 6.45) is 0.936. The van der Waals surface area contributed by atoms with Crippen LogP contribution in [0, 0.1) is 6.92 Å². The summed E-state index contributed by atoms with van der Waals surface area (Å²) < 4.78 is 1.02. The minimum Gasteiger partial charge on any atom is -0.325 e. The first kappa shape index (κ1) is 19.0. The summed E-state index contributed by atoms with van der Waals surface area (Å²) in [5.74, 6) is 0.192. The van der Waals surface area contributed by atoms with Crippen LogP contribution >= 0.6 is 34.4 Å². The lowest BCUT2D eigenvalue weighted by atomic mass is 10.1. The first-order chi connectivity index (χ1) is 13.6. The molecule has 0 bridgehead atoms. The molecule has 5 nitrogen and oxygen atoms in total. The number of thioether (sulfide) groups is 1. The molecule has 0 saturated heterocycles. The Hall–Kier alpha value is -2.29. The van der Waals surface area contributed by atoms with Gasteiger partial charge in [-0.2, -0.15) is 0 Å². The average molecular weight is 427 g/mol. The van der Waals surface area contributed by atoms with Gasteiger partial charge < -0.3 is 5.32 Å². The van der Waals surface area contributed by atoms with Crippen LogP contribution in [0.5, 0.6) is 0 Å². The first-order valence-corrected chi connectivity index (χ1v) is 11.5. The van der Waals surface area contributed by atoms with Gasteiger partial charge in [0.25, 0.3) is 0 Å². The molecule has 0 radical (unpaired) electrons. The largest absolute Gasteiger partial charge is 0.325 e. The van der Waals surface area contributed by atoms with Gasteiger partial charge in [-0.1, -0.05) is 36.9 Å². The van der Waals surface area contributed by atoms with Crippen LogP contribution < -0.4 is 5.32 Å². The van der Waals surface area contributed by atoms with Crippen LogP contribution in [-0.4, -0.2) is 26.8 Å². The number of nitrogens with zero attached hydrogens (tertiary/aromatic N) is 3. The number of carbonyl (C=O) groups excluding carboxylic acids is 1. The molecular formula is C20H18N4OS3. The Morgan fingerprint density at radius 3 is 2.89 bits per heavy atom. The van der Waals surface area contributed by atoms with Crippen LogP contribution in [0.15, 0.2) is 46.8 Å². The van der Waals surface area contributed by atoms with E-state index < -0.39 is 0 Å². The average Bonchev–Trinajstić information content (AvgIpc) is 3.35. The Balaban J connectivity index is 1.52. The molecule has 28 heavy (non-hydrogen) atoms. The SMILES string of the molecule is CCc1cccc(NC(=O)CSc2nnc(-c3cccs3)c3sc(C)nc23)c1. The molecule has 3 heterocycles. The number of amides is 1. The lowest BCUT2D eigenvalue weighted by Crippen LogP contribution is -2.14. The highest BCUT2D eigenvalue weighted by Gasteiger charge is 2.17. The number of fused-ring (bicyclic) bond motifs is 1. The van der Waals surface area contributed by atoms with Crippen molar-refractivity contribution in [3.63, 3.8) is 0 Å². The minimum atomic E-state index is -0.0671. The second kappa shape index (κ2) is 8.38. The molecule has 4 rings (SSSR count). The van der Waals surface area contributed by atoms with E-state index in [1.165, 1.54) is 17.3 Å². The highest BCUT2D eigenvalue weighted by atomic mass is 32.2. The summed E-state index contributed by atoms with van der Waals surface area (Å²) in [5, 5.41) is 15.4. The number of rotatable bonds is 6. The molecule has 4 aromatic rings. The van der Waals surface area contributed by atoms with Crippen LogP contribution in [0.4, 0.5) is 5.69 Å². The maximum absolute atomic E-state index is 12.4. The molecule has 3 aromatic heterocycles. The van der Waals surface area contributed by atoms with E-state index >= 15 is 0 Å². The molecule has 0 aliphatic rings. The molecule has 0 aliphatic carbocycles. The van der Waals surface area contributed by atoms with Gasteiger partial charge in [-0.3, -0.25) is 4.79 Å². The summed E-state index contributed by atoms with van der Waals surface area (Å²) in [5.41, 5.74) is 3.70. The summed E-state index contributed by atoms with van der Waals surface area (Å²) in [6, 6.07) is 11.9. The molecule has 0 fully saturated rings. The van der Waals surface area contributed by atoms with Crippen molar-refractivity contribution in [3.8, 4) is 10.6 Å². The van der Waals surface area contributed by atoms with E-state index in [0.717, 1.165) is 37.9 Å². The summed E-state index contributed by atoms with van der Waals surface area (Å²) >= 11 is 4.61. The Morgan fingerprint density at radius 1 is 1.21 bits per heavy atom. The fourth-order valence-corrected chi connectivity index (χ4v) is 5.28. The first-order valence-electron chi connectivity index (χ1n) is 8.83. The van der Waals surface area contributed by atoms with Gasteiger partial charge >= 0.3 is 0 Å². The van der Waals surface area contributed by atoms with E-state index in [1.807, 2.05) is 42.6 Å². The van der Waals surface area contributed by atoms with Crippen LogP contribution in [0.3, 0.4) is 0 Å². The number of anilines is 1. The van der Waals surface area contributed by atoms with E-state index in [9.17, 15) is 4.79 Å². The van der Waals surface area contributed by atoms with Gasteiger partial charge in [0.05, 0.1) is 20.3 Å². The van der Waals surface area contributed by atoms with Crippen LogP contribution in [-0.2, 0) is 11.2 Å². The summed E-state index contributed by atoms with van der Waals surface area (Å²) in [7, 11) is 0. The Bertz CT molecular complexity index is 1120. The molecule has 1 aromatic carbocycles. The van der Waals surface area contributed by atoms with Gasteiger partial charge in [0.2, 0.25) is 5.91 Å². The number of aryl methyl sites for hydroxylation is 2.